The molecule has 0 unspecified atom stereocenters. The number of halogens is 1. The van der Waals surface area contributed by atoms with Crippen molar-refractivity contribution in [3.63, 3.8) is 0 Å². The van der Waals surface area contributed by atoms with Crippen LogP contribution in [0.15, 0.2) is 36.4 Å². The van der Waals surface area contributed by atoms with Gasteiger partial charge in [0.25, 0.3) is 0 Å². The van der Waals surface area contributed by atoms with Crippen LogP contribution in [0, 0.1) is 5.82 Å². The maximum absolute atomic E-state index is 13.3. The van der Waals surface area contributed by atoms with Crippen LogP contribution >= 0.6 is 0 Å². The smallest absolute Gasteiger partial charge is 0.123 e. The molecule has 0 heterocycles. The Balaban J connectivity index is 2.28. The van der Waals surface area contributed by atoms with Crippen molar-refractivity contribution in [1.29, 1.82) is 0 Å². The Kier molecular flexibility index (Phi) is 2.01. The average Bonchev–Trinajstić information content (AvgIpc) is 3.09. The molecule has 2 heteroatoms. The van der Waals surface area contributed by atoms with Crippen LogP contribution in [-0.2, 0) is 5.54 Å². The molecule has 0 radical (unpaired) electrons. The van der Waals surface area contributed by atoms with Crippen molar-refractivity contribution < 1.29 is 4.39 Å². The summed E-state index contributed by atoms with van der Waals surface area (Å²) in [5.41, 5.74) is 1.32. The Labute approximate surface area is 94.3 Å². The van der Waals surface area contributed by atoms with E-state index in [4.69, 9.17) is 0 Å². The minimum Gasteiger partial charge on any atom is -0.310 e. The van der Waals surface area contributed by atoms with Gasteiger partial charge in [0.1, 0.15) is 5.82 Å². The van der Waals surface area contributed by atoms with Crippen LogP contribution < -0.4 is 5.32 Å². The molecule has 0 aliphatic heterocycles. The first-order valence-electron chi connectivity index (χ1n) is 5.63. The van der Waals surface area contributed by atoms with Crippen molar-refractivity contribution in [1.82, 2.24) is 5.32 Å². The molecule has 82 valence electrons. The van der Waals surface area contributed by atoms with E-state index in [2.05, 4.69) is 11.4 Å². The lowest BCUT2D eigenvalue weighted by Crippen LogP contribution is -2.24. The van der Waals surface area contributed by atoms with Gasteiger partial charge in [-0.1, -0.05) is 24.3 Å². The molecule has 16 heavy (non-hydrogen) atoms. The lowest BCUT2D eigenvalue weighted by atomic mass is 9.97. The molecule has 0 saturated heterocycles. The maximum atomic E-state index is 13.3. The Morgan fingerprint density at radius 1 is 1.19 bits per heavy atom. The van der Waals surface area contributed by atoms with Crippen molar-refractivity contribution >= 4 is 10.8 Å². The first kappa shape index (κ1) is 9.79. The number of fused-ring (bicyclic) bond motifs is 1. The van der Waals surface area contributed by atoms with E-state index in [0.717, 1.165) is 23.6 Å². The normalized spacial score (nSPS) is 17.6. The van der Waals surface area contributed by atoms with E-state index in [1.807, 2.05) is 25.2 Å². The van der Waals surface area contributed by atoms with E-state index >= 15 is 0 Å². The topological polar surface area (TPSA) is 12.0 Å². The van der Waals surface area contributed by atoms with E-state index in [0.29, 0.717) is 0 Å². The lowest BCUT2D eigenvalue weighted by molar-refractivity contribution is 0.589. The highest BCUT2D eigenvalue weighted by Gasteiger charge is 2.43. The number of hydrogen-bond donors (Lipinski definition) is 1. The van der Waals surface area contributed by atoms with Crippen LogP contribution in [0.5, 0.6) is 0 Å². The van der Waals surface area contributed by atoms with Crippen molar-refractivity contribution in [2.75, 3.05) is 7.05 Å². The fraction of sp³-hybridized carbons (Fsp3) is 0.286. The largest absolute Gasteiger partial charge is 0.310 e. The molecule has 2 aromatic rings. The van der Waals surface area contributed by atoms with Gasteiger partial charge in [-0.3, -0.25) is 0 Å². The van der Waals surface area contributed by atoms with Gasteiger partial charge in [0.15, 0.2) is 0 Å². The highest BCUT2D eigenvalue weighted by molar-refractivity contribution is 5.87. The molecule has 1 nitrogen and oxygen atoms in total. The summed E-state index contributed by atoms with van der Waals surface area (Å²) >= 11 is 0. The summed E-state index contributed by atoms with van der Waals surface area (Å²) in [5.74, 6) is -0.160. The van der Waals surface area contributed by atoms with Gasteiger partial charge in [0, 0.05) is 5.54 Å². The van der Waals surface area contributed by atoms with Gasteiger partial charge in [-0.2, -0.15) is 0 Å². The second kappa shape index (κ2) is 3.29. The summed E-state index contributed by atoms with van der Waals surface area (Å²) in [4.78, 5) is 0. The molecule has 0 spiro atoms. The number of hydrogen-bond acceptors (Lipinski definition) is 1. The van der Waals surface area contributed by atoms with Gasteiger partial charge < -0.3 is 5.32 Å². The van der Waals surface area contributed by atoms with E-state index in [1.165, 1.54) is 11.6 Å². The summed E-state index contributed by atoms with van der Waals surface area (Å²) in [5, 5.41) is 5.51. The van der Waals surface area contributed by atoms with Crippen LogP contribution in [0.1, 0.15) is 18.4 Å². The summed E-state index contributed by atoms with van der Waals surface area (Å²) < 4.78 is 13.3. The van der Waals surface area contributed by atoms with Gasteiger partial charge in [0.05, 0.1) is 0 Å². The Bertz CT molecular complexity index is 543. The Morgan fingerprint density at radius 2 is 2.00 bits per heavy atom. The van der Waals surface area contributed by atoms with Crippen molar-refractivity contribution in [2.24, 2.45) is 0 Å². The number of rotatable bonds is 2. The second-order valence-corrected chi connectivity index (χ2v) is 4.50. The van der Waals surface area contributed by atoms with Gasteiger partial charge in [-0.25, -0.2) is 4.39 Å². The Hall–Kier alpha value is -1.41. The van der Waals surface area contributed by atoms with Crippen LogP contribution in [0.3, 0.4) is 0 Å². The molecular formula is C14H14FN. The van der Waals surface area contributed by atoms with Crippen LogP contribution in [0.4, 0.5) is 4.39 Å². The molecule has 0 bridgehead atoms. The van der Waals surface area contributed by atoms with Gasteiger partial charge >= 0.3 is 0 Å². The molecule has 2 aromatic carbocycles. The summed E-state index contributed by atoms with van der Waals surface area (Å²) in [6.45, 7) is 0. The summed E-state index contributed by atoms with van der Waals surface area (Å²) in [6.07, 6.45) is 2.28. The van der Waals surface area contributed by atoms with Gasteiger partial charge in [-0.05, 0) is 48.4 Å². The lowest BCUT2D eigenvalue weighted by Gasteiger charge is -2.17. The summed E-state index contributed by atoms with van der Waals surface area (Å²) in [7, 11) is 1.98. The average molecular weight is 215 g/mol. The first-order valence-corrected chi connectivity index (χ1v) is 5.63. The van der Waals surface area contributed by atoms with E-state index in [1.54, 1.807) is 6.07 Å². The van der Waals surface area contributed by atoms with Gasteiger partial charge in [-0.15, -0.1) is 0 Å². The molecule has 0 amide bonds. The van der Waals surface area contributed by atoms with Crippen molar-refractivity contribution in [2.45, 2.75) is 18.4 Å². The minimum atomic E-state index is -0.160. The third-order valence-corrected chi connectivity index (χ3v) is 3.59. The summed E-state index contributed by atoms with van der Waals surface area (Å²) in [6, 6.07) is 11.2. The zero-order chi connectivity index (χ0) is 11.2. The standard InChI is InChI=1S/C14H14FN/c1-16-14(7-8-14)13-4-2-3-10-5-6-11(15)9-12(10)13/h2-6,9,16H,7-8H2,1H3. The molecular weight excluding hydrogens is 201 g/mol. The predicted octanol–water partition coefficient (Wildman–Crippen LogP) is 3.19. The molecule has 1 N–H and O–H groups in total. The molecule has 3 rings (SSSR count). The third-order valence-electron chi connectivity index (χ3n) is 3.59. The number of benzene rings is 2. The molecule has 0 atom stereocenters. The van der Waals surface area contributed by atoms with E-state index < -0.39 is 0 Å². The number of nitrogens with one attached hydrogen (secondary N) is 1. The zero-order valence-corrected chi connectivity index (χ0v) is 9.26. The van der Waals surface area contributed by atoms with Gasteiger partial charge in [0.2, 0.25) is 0 Å². The quantitative estimate of drug-likeness (QED) is 0.811. The highest BCUT2D eigenvalue weighted by Crippen LogP contribution is 2.47. The monoisotopic (exact) mass is 215 g/mol. The first-order chi connectivity index (χ1) is 7.75. The predicted molar refractivity (Wildman–Crippen MR) is 63.9 cm³/mol. The third kappa shape index (κ3) is 1.34. The van der Waals surface area contributed by atoms with E-state index in [-0.39, 0.29) is 11.4 Å². The highest BCUT2D eigenvalue weighted by atomic mass is 19.1. The maximum Gasteiger partial charge on any atom is 0.123 e. The fourth-order valence-electron chi connectivity index (χ4n) is 2.44. The van der Waals surface area contributed by atoms with Crippen LogP contribution in [0.25, 0.3) is 10.8 Å². The second-order valence-electron chi connectivity index (χ2n) is 4.50. The van der Waals surface area contributed by atoms with Crippen LogP contribution in [-0.4, -0.2) is 7.05 Å². The zero-order valence-electron chi connectivity index (χ0n) is 9.26. The Morgan fingerprint density at radius 3 is 2.69 bits per heavy atom. The van der Waals surface area contributed by atoms with Crippen molar-refractivity contribution in [3.05, 3.63) is 47.8 Å². The molecule has 1 aliphatic rings. The SMILES string of the molecule is CNC1(c2cccc3ccc(F)cc23)CC1. The molecule has 1 saturated carbocycles. The fourth-order valence-corrected chi connectivity index (χ4v) is 2.44. The van der Waals surface area contributed by atoms with E-state index in [9.17, 15) is 4.39 Å². The minimum absolute atomic E-state index is 0.0906. The molecule has 0 aromatic heterocycles. The van der Waals surface area contributed by atoms with Crippen molar-refractivity contribution in [3.8, 4) is 0 Å². The molecule has 1 aliphatic carbocycles. The van der Waals surface area contributed by atoms with Crippen LogP contribution in [0.2, 0.25) is 0 Å². The molecule has 1 fully saturated rings.